The molecule has 1 aromatic carbocycles. The largest absolute Gasteiger partial charge is 0.573 e. The van der Waals surface area contributed by atoms with Gasteiger partial charge in [-0.05, 0) is 81.4 Å². The molecule has 0 amide bonds. The van der Waals surface area contributed by atoms with Crippen molar-refractivity contribution >= 4 is 11.5 Å². The fourth-order valence-corrected chi connectivity index (χ4v) is 3.44. The number of nitrogens with zero attached hydrogens (tertiary/aromatic N) is 1. The molecule has 0 atom stereocenters. The molecule has 0 spiro atoms. The average molecular weight is 447 g/mol. The number of alkyl halides is 3. The van der Waals surface area contributed by atoms with Gasteiger partial charge in [0.05, 0.1) is 18.8 Å². The fraction of sp³-hybridized carbons (Fsp3) is 0.400. The molecule has 2 aliphatic rings. The molecule has 7 heteroatoms. The van der Waals surface area contributed by atoms with Crippen molar-refractivity contribution in [3.05, 3.63) is 70.6 Å². The van der Waals surface area contributed by atoms with Crippen molar-refractivity contribution in [3.63, 3.8) is 0 Å². The molecule has 0 aromatic heterocycles. The molecule has 1 aromatic rings. The number of ether oxygens (including phenoxy) is 2. The topological polar surface area (TPSA) is 42.9 Å². The van der Waals surface area contributed by atoms with Crippen molar-refractivity contribution in [3.8, 4) is 5.75 Å². The number of nitrogens with one attached hydrogen (secondary N) is 1. The second kappa shape index (κ2) is 10.1. The van der Waals surface area contributed by atoms with E-state index >= 15 is 0 Å². The van der Waals surface area contributed by atoms with Gasteiger partial charge in [0.25, 0.3) is 0 Å². The van der Waals surface area contributed by atoms with Crippen LogP contribution in [0.2, 0.25) is 0 Å². The summed E-state index contributed by atoms with van der Waals surface area (Å²) >= 11 is 0. The van der Waals surface area contributed by atoms with Gasteiger partial charge in [-0.3, -0.25) is 0 Å². The summed E-state index contributed by atoms with van der Waals surface area (Å²) in [5.41, 5.74) is 7.11. The third-order valence-corrected chi connectivity index (χ3v) is 5.39. The van der Waals surface area contributed by atoms with Crippen LogP contribution in [0.3, 0.4) is 0 Å². The van der Waals surface area contributed by atoms with Gasteiger partial charge >= 0.3 is 6.36 Å². The summed E-state index contributed by atoms with van der Waals surface area (Å²) in [5, 5.41) is 3.42. The number of allylic oxidation sites excluding steroid dienone is 4. The van der Waals surface area contributed by atoms with Gasteiger partial charge in [-0.1, -0.05) is 24.3 Å². The Morgan fingerprint density at radius 2 is 1.84 bits per heavy atom. The van der Waals surface area contributed by atoms with Crippen LogP contribution in [0.25, 0.3) is 5.57 Å². The zero-order chi connectivity index (χ0) is 23.3. The zero-order valence-corrected chi connectivity index (χ0v) is 18.7. The number of aliphatic imine (C=N–C) groups is 1. The van der Waals surface area contributed by atoms with Gasteiger partial charge in [-0.25, -0.2) is 4.99 Å². The first kappa shape index (κ1) is 23.7. The Kier molecular flexibility index (Phi) is 7.48. The molecule has 0 radical (unpaired) electrons. The average Bonchev–Trinajstić information content (AvgIpc) is 3.58. The quantitative estimate of drug-likeness (QED) is 0.508. The summed E-state index contributed by atoms with van der Waals surface area (Å²) in [6.07, 6.45) is 0.996. The Morgan fingerprint density at radius 1 is 1.16 bits per heavy atom. The molecule has 1 saturated carbocycles. The van der Waals surface area contributed by atoms with Crippen LogP contribution >= 0.6 is 0 Å². The summed E-state index contributed by atoms with van der Waals surface area (Å²) in [7, 11) is 0. The summed E-state index contributed by atoms with van der Waals surface area (Å²) in [6.45, 7) is 11.0. The van der Waals surface area contributed by atoms with Crippen molar-refractivity contribution in [2.75, 3.05) is 13.2 Å². The lowest BCUT2D eigenvalue weighted by Crippen LogP contribution is -2.21. The minimum Gasteiger partial charge on any atom is -0.477 e. The Bertz CT molecular complexity index is 973. The van der Waals surface area contributed by atoms with Crippen LogP contribution in [-0.4, -0.2) is 25.4 Å². The molecule has 1 aliphatic carbocycles. The second-order valence-corrected chi connectivity index (χ2v) is 8.07. The first-order chi connectivity index (χ1) is 15.2. The molecule has 172 valence electrons. The van der Waals surface area contributed by atoms with E-state index in [-0.39, 0.29) is 5.75 Å². The lowest BCUT2D eigenvalue weighted by atomic mass is 9.96. The summed E-state index contributed by atoms with van der Waals surface area (Å²) < 4.78 is 47.2. The van der Waals surface area contributed by atoms with Crippen LogP contribution in [0.4, 0.5) is 13.2 Å². The minimum atomic E-state index is -4.71. The van der Waals surface area contributed by atoms with Crippen molar-refractivity contribution in [2.24, 2.45) is 4.99 Å². The first-order valence-corrected chi connectivity index (χ1v) is 10.7. The lowest BCUT2D eigenvalue weighted by Gasteiger charge is -2.22. The number of rotatable bonds is 7. The first-order valence-electron chi connectivity index (χ1n) is 10.7. The van der Waals surface area contributed by atoms with Gasteiger partial charge in [0.1, 0.15) is 5.75 Å². The van der Waals surface area contributed by atoms with E-state index in [9.17, 15) is 13.2 Å². The molecule has 1 saturated heterocycles. The van der Waals surface area contributed by atoms with Crippen molar-refractivity contribution < 1.29 is 22.6 Å². The number of halogens is 3. The van der Waals surface area contributed by atoms with E-state index in [2.05, 4.69) is 16.6 Å². The SMILES string of the molecule is C=CC(NCC(/N=C1/OCCC/C1=C(/C)c1ccc(OC(F)(F)F)cc1)=C(C)C)=C1CC1. The minimum absolute atomic E-state index is 0.242. The molecular weight excluding hydrogens is 417 g/mol. The molecule has 1 heterocycles. The maximum Gasteiger partial charge on any atom is 0.573 e. The Balaban J connectivity index is 1.85. The summed E-state index contributed by atoms with van der Waals surface area (Å²) in [4.78, 5) is 4.84. The van der Waals surface area contributed by atoms with Gasteiger partial charge < -0.3 is 14.8 Å². The summed E-state index contributed by atoms with van der Waals surface area (Å²) in [6, 6.07) is 5.89. The van der Waals surface area contributed by atoms with Gasteiger partial charge in [0, 0.05) is 11.3 Å². The Labute approximate surface area is 187 Å². The van der Waals surface area contributed by atoms with Crippen molar-refractivity contribution in [1.29, 1.82) is 0 Å². The van der Waals surface area contributed by atoms with Gasteiger partial charge in [-0.15, -0.1) is 13.2 Å². The molecular formula is C25H29F3N2O2. The normalized spacial score (nSPS) is 18.6. The lowest BCUT2D eigenvalue weighted by molar-refractivity contribution is -0.274. The van der Waals surface area contributed by atoms with E-state index in [4.69, 9.17) is 9.73 Å². The smallest absolute Gasteiger partial charge is 0.477 e. The van der Waals surface area contributed by atoms with Crippen molar-refractivity contribution in [1.82, 2.24) is 5.32 Å². The number of hydrogen-bond acceptors (Lipinski definition) is 4. The Hall–Kier alpha value is -2.96. The highest BCUT2D eigenvalue weighted by Crippen LogP contribution is 2.31. The van der Waals surface area contributed by atoms with Gasteiger partial charge in [0.2, 0.25) is 5.90 Å². The molecule has 0 unspecified atom stereocenters. The third kappa shape index (κ3) is 6.52. The molecule has 2 fully saturated rings. The molecule has 3 rings (SSSR count). The van der Waals surface area contributed by atoms with Crippen LogP contribution < -0.4 is 10.1 Å². The molecule has 32 heavy (non-hydrogen) atoms. The number of benzene rings is 1. The van der Waals surface area contributed by atoms with Gasteiger partial charge in [0.15, 0.2) is 0 Å². The Morgan fingerprint density at radius 3 is 2.41 bits per heavy atom. The molecule has 1 N–H and O–H groups in total. The molecule has 0 bridgehead atoms. The van der Waals surface area contributed by atoms with E-state index in [0.717, 1.165) is 59.4 Å². The van der Waals surface area contributed by atoms with Crippen LogP contribution in [0.1, 0.15) is 52.0 Å². The van der Waals surface area contributed by atoms with Crippen LogP contribution in [-0.2, 0) is 4.74 Å². The van der Waals surface area contributed by atoms with E-state index in [1.807, 2.05) is 26.8 Å². The highest BCUT2D eigenvalue weighted by molar-refractivity contribution is 6.02. The predicted octanol–water partition coefficient (Wildman–Crippen LogP) is 6.69. The predicted molar refractivity (Wildman–Crippen MR) is 121 cm³/mol. The van der Waals surface area contributed by atoms with Crippen LogP contribution in [0.15, 0.2) is 70.0 Å². The van der Waals surface area contributed by atoms with E-state index in [1.54, 1.807) is 12.1 Å². The second-order valence-electron chi connectivity index (χ2n) is 8.07. The van der Waals surface area contributed by atoms with E-state index < -0.39 is 6.36 Å². The monoisotopic (exact) mass is 446 g/mol. The maximum absolute atomic E-state index is 12.4. The highest BCUT2D eigenvalue weighted by Gasteiger charge is 2.31. The molecule has 4 nitrogen and oxygen atoms in total. The van der Waals surface area contributed by atoms with Crippen LogP contribution in [0, 0.1) is 0 Å². The third-order valence-electron chi connectivity index (χ3n) is 5.39. The highest BCUT2D eigenvalue weighted by atomic mass is 19.4. The van der Waals surface area contributed by atoms with Gasteiger partial charge in [-0.2, -0.15) is 0 Å². The molecule has 1 aliphatic heterocycles. The fourth-order valence-electron chi connectivity index (χ4n) is 3.44. The zero-order valence-electron chi connectivity index (χ0n) is 18.7. The maximum atomic E-state index is 12.4. The van der Waals surface area contributed by atoms with Crippen LogP contribution in [0.5, 0.6) is 5.75 Å². The standard InChI is InChI=1S/C25H29F3N2O2/c1-5-22(19-8-9-19)29-15-23(16(2)3)30-24-21(7-6-14-31-24)17(4)18-10-12-20(13-11-18)32-25(26,27)28/h5,10-13,29H,1,6-9,14-15H2,2-4H3/b21-17+,30-24+. The number of hydrogen-bond donors (Lipinski definition) is 1. The van der Waals surface area contributed by atoms with Crippen molar-refractivity contribution in [2.45, 2.75) is 52.8 Å². The van der Waals surface area contributed by atoms with E-state index in [1.165, 1.54) is 17.7 Å². The van der Waals surface area contributed by atoms with E-state index in [0.29, 0.717) is 19.0 Å². The summed E-state index contributed by atoms with van der Waals surface area (Å²) in [5.74, 6) is 0.329.